The van der Waals surface area contributed by atoms with Crippen LogP contribution in [0.5, 0.6) is 5.75 Å². The summed E-state index contributed by atoms with van der Waals surface area (Å²) < 4.78 is 74.4. The lowest BCUT2D eigenvalue weighted by molar-refractivity contribution is -0.193. The van der Waals surface area contributed by atoms with Crippen molar-refractivity contribution < 1.29 is 84.7 Å². The van der Waals surface area contributed by atoms with Crippen LogP contribution in [0.25, 0.3) is 0 Å². The third kappa shape index (κ3) is 14.9. The Hall–Kier alpha value is -5.47. The Balaban J connectivity index is 0.000000717. The minimum Gasteiger partial charge on any atom is -0.481 e. The summed E-state index contributed by atoms with van der Waals surface area (Å²) in [5, 5.41) is 39.8. The second-order valence-corrected chi connectivity index (χ2v) is 9.97. The first-order valence-corrected chi connectivity index (χ1v) is 13.6. The number of ketones is 1. The van der Waals surface area contributed by atoms with E-state index in [-0.39, 0.29) is 48.9 Å². The van der Waals surface area contributed by atoms with E-state index in [9.17, 15) is 50.6 Å². The molecule has 0 bridgehead atoms. The normalized spacial score (nSPS) is 15.0. The summed E-state index contributed by atoms with van der Waals surface area (Å²) in [4.78, 5) is 67.1. The first kappa shape index (κ1) is 41.6. The average Bonchev–Trinajstić information content (AvgIpc) is 3.65. The molecule has 15 nitrogen and oxygen atoms in total. The van der Waals surface area contributed by atoms with Crippen LogP contribution in [0.15, 0.2) is 40.8 Å². The predicted molar refractivity (Wildman–Crippen MR) is 150 cm³/mol. The lowest BCUT2D eigenvalue weighted by Crippen LogP contribution is -2.37. The van der Waals surface area contributed by atoms with Crippen molar-refractivity contribution in [2.24, 2.45) is 11.7 Å². The molecule has 1 fully saturated rings. The van der Waals surface area contributed by atoms with Crippen LogP contribution >= 0.6 is 0 Å². The van der Waals surface area contributed by atoms with E-state index in [4.69, 9.17) is 45.2 Å². The number of hydrogen-bond donors (Lipinski definition) is 6. The Kier molecular flexibility index (Phi) is 15.4. The summed E-state index contributed by atoms with van der Waals surface area (Å²) in [6.45, 7) is 0.857. The number of hydrogen-bond acceptors (Lipinski definition) is 10. The van der Waals surface area contributed by atoms with Crippen LogP contribution in [0, 0.1) is 11.3 Å². The molecule has 1 aliphatic heterocycles. The van der Waals surface area contributed by atoms with Crippen LogP contribution < -0.4 is 10.5 Å². The van der Waals surface area contributed by atoms with Gasteiger partial charge in [-0.15, -0.1) is 0 Å². The first-order chi connectivity index (χ1) is 22.5. The summed E-state index contributed by atoms with van der Waals surface area (Å²) in [5.41, 5.74) is 5.90. The summed E-state index contributed by atoms with van der Waals surface area (Å²) >= 11 is 0. The first-order valence-electron chi connectivity index (χ1n) is 13.6. The second-order valence-electron chi connectivity index (χ2n) is 9.97. The van der Waals surface area contributed by atoms with Gasteiger partial charge in [0.25, 0.3) is 0 Å². The number of esters is 1. The predicted octanol–water partition coefficient (Wildman–Crippen LogP) is 3.54. The van der Waals surface area contributed by atoms with E-state index in [1.807, 2.05) is 4.90 Å². The second kappa shape index (κ2) is 18.2. The number of nitrogens with two attached hydrogens (primary N) is 1. The van der Waals surface area contributed by atoms with Crippen molar-refractivity contribution in [2.45, 2.75) is 57.0 Å². The fourth-order valence-corrected chi connectivity index (χ4v) is 4.00. The van der Waals surface area contributed by atoms with Gasteiger partial charge in [0.15, 0.2) is 5.78 Å². The molecule has 0 amide bonds. The molecule has 1 aromatic heterocycles. The number of carboxylic acid groups (broad SMARTS) is 4. The number of halogens is 6. The number of nitrogens with one attached hydrogen (secondary N) is 1. The van der Waals surface area contributed by atoms with E-state index in [0.717, 1.165) is 6.42 Å². The molecular weight excluding hydrogens is 684 g/mol. The molecule has 1 aliphatic rings. The quantitative estimate of drug-likeness (QED) is 0.0605. The van der Waals surface area contributed by atoms with E-state index < -0.39 is 54.2 Å². The zero-order valence-corrected chi connectivity index (χ0v) is 24.9. The van der Waals surface area contributed by atoms with Gasteiger partial charge in [-0.3, -0.25) is 24.7 Å². The van der Waals surface area contributed by atoms with Crippen LogP contribution in [0.1, 0.15) is 54.0 Å². The maximum absolute atomic E-state index is 12.8. The number of nitrogens with zero attached hydrogens (tertiary/aromatic N) is 1. The number of alkyl halides is 6. The number of furan rings is 1. The van der Waals surface area contributed by atoms with Gasteiger partial charge in [-0.2, -0.15) is 26.3 Å². The van der Waals surface area contributed by atoms with Crippen molar-refractivity contribution in [2.75, 3.05) is 6.54 Å². The average molecular weight is 714 g/mol. The number of nitrogen functional groups attached to an aromatic ring is 1. The van der Waals surface area contributed by atoms with Crippen LogP contribution in [-0.4, -0.2) is 91.7 Å². The standard InChI is InChI=1S/C24H27N3O8.2C2HF3O2/c25-22(26)14-3-6-16(7-4-14)35-24(33)20-9-8-17(34-20)13-27-11-1-2-18(27)19(28)12-15(23(31)32)5-10-21(29)30;2*3-2(4,5)1(6)7/h3-4,6-9,15,18H,1-2,5,10-13H2,(H3,25,26)(H,29,30)(H,31,32);2*(H,6,7)/t15-,18+;;/m1../s1. The van der Waals surface area contributed by atoms with Gasteiger partial charge in [-0.05, 0) is 62.2 Å². The molecule has 0 spiro atoms. The highest BCUT2D eigenvalue weighted by atomic mass is 19.4. The van der Waals surface area contributed by atoms with Crippen molar-refractivity contribution in [3.63, 3.8) is 0 Å². The topological polar surface area (TPSA) is 259 Å². The molecule has 1 aromatic carbocycles. The van der Waals surface area contributed by atoms with E-state index >= 15 is 0 Å². The SMILES string of the molecule is N=C(N)c1ccc(OC(=O)c2ccc(CN3CCC[C@H]3C(=O)C[C@@H](CCC(=O)O)C(=O)O)o2)cc1.O=C(O)C(F)(F)F.O=C(O)C(F)(F)F. The molecular formula is C28H29F6N3O12. The summed E-state index contributed by atoms with van der Waals surface area (Å²) in [6.07, 6.45) is -9.51. The molecule has 7 N–H and O–H groups in total. The van der Waals surface area contributed by atoms with Crippen LogP contribution in [0.2, 0.25) is 0 Å². The van der Waals surface area contributed by atoms with E-state index in [1.54, 1.807) is 18.2 Å². The summed E-state index contributed by atoms with van der Waals surface area (Å²) in [7, 11) is 0. The van der Waals surface area contributed by atoms with Crippen LogP contribution in [0.4, 0.5) is 26.3 Å². The molecule has 21 heteroatoms. The molecule has 49 heavy (non-hydrogen) atoms. The Morgan fingerprint density at radius 2 is 1.45 bits per heavy atom. The number of ether oxygens (including phenoxy) is 1. The van der Waals surface area contributed by atoms with Crippen molar-refractivity contribution in [1.82, 2.24) is 4.90 Å². The number of carbonyl (C=O) groups excluding carboxylic acids is 2. The molecule has 0 unspecified atom stereocenters. The Bertz CT molecular complexity index is 1480. The van der Waals surface area contributed by atoms with Crippen molar-refractivity contribution in [3.8, 4) is 5.75 Å². The highest BCUT2D eigenvalue weighted by molar-refractivity contribution is 5.95. The third-order valence-corrected chi connectivity index (χ3v) is 6.32. The maximum atomic E-state index is 12.8. The molecule has 0 aliphatic carbocycles. The molecule has 2 aromatic rings. The zero-order chi connectivity index (χ0) is 37.7. The third-order valence-electron chi connectivity index (χ3n) is 6.32. The minimum absolute atomic E-state index is 0.0164. The fourth-order valence-electron chi connectivity index (χ4n) is 4.00. The number of aliphatic carboxylic acids is 4. The Morgan fingerprint density at radius 1 is 0.918 bits per heavy atom. The Morgan fingerprint density at radius 3 is 1.90 bits per heavy atom. The molecule has 270 valence electrons. The maximum Gasteiger partial charge on any atom is 0.490 e. The van der Waals surface area contributed by atoms with Crippen molar-refractivity contribution >= 4 is 41.5 Å². The summed E-state index contributed by atoms with van der Waals surface area (Å²) in [5.74, 6) is -9.21. The van der Waals surface area contributed by atoms with Gasteiger partial charge >= 0.3 is 42.2 Å². The Labute approximate surface area is 271 Å². The van der Waals surface area contributed by atoms with Gasteiger partial charge in [-0.1, -0.05) is 0 Å². The number of carbonyl (C=O) groups is 6. The van der Waals surface area contributed by atoms with Crippen molar-refractivity contribution in [1.29, 1.82) is 5.41 Å². The number of likely N-dealkylation sites (tertiary alicyclic amines) is 1. The van der Waals surface area contributed by atoms with Gasteiger partial charge in [0.05, 0.1) is 18.5 Å². The highest BCUT2D eigenvalue weighted by Gasteiger charge is 2.39. The van der Waals surface area contributed by atoms with Crippen LogP contribution in [-0.2, 0) is 30.5 Å². The molecule has 0 saturated carbocycles. The monoisotopic (exact) mass is 713 g/mol. The largest absolute Gasteiger partial charge is 0.490 e. The van der Waals surface area contributed by atoms with Gasteiger partial charge in [0.1, 0.15) is 17.3 Å². The zero-order valence-electron chi connectivity index (χ0n) is 24.9. The lowest BCUT2D eigenvalue weighted by atomic mass is 9.93. The van der Waals surface area contributed by atoms with Gasteiger partial charge in [0, 0.05) is 18.4 Å². The number of benzene rings is 1. The number of amidine groups is 1. The minimum atomic E-state index is -5.08. The molecule has 2 heterocycles. The lowest BCUT2D eigenvalue weighted by Gasteiger charge is -2.23. The highest BCUT2D eigenvalue weighted by Crippen LogP contribution is 2.25. The smallest absolute Gasteiger partial charge is 0.481 e. The van der Waals surface area contributed by atoms with Gasteiger partial charge in [0.2, 0.25) is 5.76 Å². The van der Waals surface area contributed by atoms with Crippen LogP contribution in [0.3, 0.4) is 0 Å². The van der Waals surface area contributed by atoms with E-state index in [1.165, 1.54) is 18.2 Å². The molecule has 2 atom stereocenters. The van der Waals surface area contributed by atoms with Crippen molar-refractivity contribution in [3.05, 3.63) is 53.5 Å². The van der Waals surface area contributed by atoms with E-state index in [2.05, 4.69) is 0 Å². The van der Waals surface area contributed by atoms with E-state index in [0.29, 0.717) is 24.3 Å². The summed E-state index contributed by atoms with van der Waals surface area (Å²) in [6, 6.07) is 8.73. The number of Topliss-reactive ketones (excluding diaryl/α,β-unsaturated/α-hetero) is 1. The number of carboxylic acids is 4. The molecule has 1 saturated heterocycles. The molecule has 3 rings (SSSR count). The van der Waals surface area contributed by atoms with Gasteiger partial charge < -0.3 is 35.3 Å². The number of rotatable bonds is 12. The van der Waals surface area contributed by atoms with Gasteiger partial charge in [-0.25, -0.2) is 14.4 Å². The molecule has 0 radical (unpaired) electrons. The fraction of sp³-hybridized carbons (Fsp3) is 0.393.